The van der Waals surface area contributed by atoms with Gasteiger partial charge in [0.1, 0.15) is 5.56 Å². The van der Waals surface area contributed by atoms with Crippen molar-refractivity contribution in [3.05, 3.63) is 62.4 Å². The van der Waals surface area contributed by atoms with E-state index in [1.807, 2.05) is 4.98 Å². The fourth-order valence-electron chi connectivity index (χ4n) is 1.72. The zero-order valence-corrected chi connectivity index (χ0v) is 10.8. The third-order valence-corrected chi connectivity index (χ3v) is 2.85. The van der Waals surface area contributed by atoms with E-state index < -0.39 is 17.2 Å². The number of nitrogens with one attached hydrogen (secondary N) is 3. The molecule has 104 valence electrons. The molecule has 1 aromatic heterocycles. The Balaban J connectivity index is 2.17. The van der Waals surface area contributed by atoms with Crippen LogP contribution in [0.5, 0.6) is 0 Å². The van der Waals surface area contributed by atoms with Crippen LogP contribution in [0.3, 0.4) is 0 Å². The summed E-state index contributed by atoms with van der Waals surface area (Å²) in [5.74, 6) is -0.563. The van der Waals surface area contributed by atoms with Crippen LogP contribution in [-0.4, -0.2) is 15.9 Å². The normalized spacial score (nSPS) is 11.8. The van der Waals surface area contributed by atoms with Crippen LogP contribution < -0.4 is 22.3 Å². The molecular weight excluding hydrogens is 260 g/mol. The average Bonchev–Trinajstić information content (AvgIpc) is 2.39. The van der Waals surface area contributed by atoms with E-state index in [2.05, 4.69) is 10.3 Å². The van der Waals surface area contributed by atoms with Gasteiger partial charge < -0.3 is 16.0 Å². The molecule has 0 saturated carbocycles. The molecule has 20 heavy (non-hydrogen) atoms. The van der Waals surface area contributed by atoms with Crippen LogP contribution in [0.15, 0.2) is 40.1 Å². The van der Waals surface area contributed by atoms with Gasteiger partial charge in [-0.15, -0.1) is 0 Å². The van der Waals surface area contributed by atoms with Crippen molar-refractivity contribution in [1.82, 2.24) is 15.3 Å². The zero-order valence-electron chi connectivity index (χ0n) is 10.8. The highest BCUT2D eigenvalue weighted by Gasteiger charge is 2.14. The molecule has 0 aliphatic rings. The first-order valence-electron chi connectivity index (χ1n) is 5.95. The first-order valence-corrected chi connectivity index (χ1v) is 5.95. The summed E-state index contributed by atoms with van der Waals surface area (Å²) >= 11 is 0. The highest BCUT2D eigenvalue weighted by Crippen LogP contribution is 2.14. The van der Waals surface area contributed by atoms with Crippen LogP contribution in [0.4, 0.5) is 5.69 Å². The minimum Gasteiger partial charge on any atom is -0.399 e. The van der Waals surface area contributed by atoms with Gasteiger partial charge >= 0.3 is 5.69 Å². The molecule has 1 amide bonds. The molecule has 1 unspecified atom stereocenters. The molecule has 7 nitrogen and oxygen atoms in total. The summed E-state index contributed by atoms with van der Waals surface area (Å²) in [6.45, 7) is 1.78. The van der Waals surface area contributed by atoms with Gasteiger partial charge in [-0.2, -0.15) is 0 Å². The lowest BCUT2D eigenvalue weighted by Crippen LogP contribution is -2.34. The molecule has 0 aliphatic carbocycles. The van der Waals surface area contributed by atoms with E-state index in [1.165, 1.54) is 0 Å². The van der Waals surface area contributed by atoms with Crippen molar-refractivity contribution in [2.24, 2.45) is 0 Å². The van der Waals surface area contributed by atoms with Crippen molar-refractivity contribution in [2.45, 2.75) is 13.0 Å². The van der Waals surface area contributed by atoms with Crippen molar-refractivity contribution < 1.29 is 4.79 Å². The SMILES string of the molecule is CC(NC(=O)c1c[nH]c(=O)[nH]c1=O)c1ccc(N)cc1. The monoisotopic (exact) mass is 274 g/mol. The molecule has 5 N–H and O–H groups in total. The van der Waals surface area contributed by atoms with Crippen LogP contribution >= 0.6 is 0 Å². The molecule has 2 aromatic rings. The number of amides is 1. The number of rotatable bonds is 3. The number of anilines is 1. The molecule has 0 bridgehead atoms. The Kier molecular flexibility index (Phi) is 3.69. The van der Waals surface area contributed by atoms with Crippen molar-refractivity contribution in [3.8, 4) is 0 Å². The van der Waals surface area contributed by atoms with Gasteiger partial charge in [-0.1, -0.05) is 12.1 Å². The lowest BCUT2D eigenvalue weighted by Gasteiger charge is -2.14. The molecule has 2 rings (SSSR count). The summed E-state index contributed by atoms with van der Waals surface area (Å²) in [7, 11) is 0. The Morgan fingerprint density at radius 3 is 2.50 bits per heavy atom. The van der Waals surface area contributed by atoms with Crippen LogP contribution in [0.2, 0.25) is 0 Å². The number of carbonyl (C=O) groups excluding carboxylic acids is 1. The van der Waals surface area contributed by atoms with E-state index in [0.717, 1.165) is 11.8 Å². The number of H-pyrrole nitrogens is 2. The standard InChI is InChI=1S/C13H14N4O3/c1-7(8-2-4-9(14)5-3-8)16-11(18)10-6-15-13(20)17-12(10)19/h2-7H,14H2,1H3,(H,16,18)(H2,15,17,19,20). The van der Waals surface area contributed by atoms with Crippen molar-refractivity contribution in [3.63, 3.8) is 0 Å². The number of hydrogen-bond donors (Lipinski definition) is 4. The molecule has 0 fully saturated rings. The maximum atomic E-state index is 11.9. The minimum absolute atomic E-state index is 0.146. The van der Waals surface area contributed by atoms with Gasteiger partial charge in [-0.25, -0.2) is 4.79 Å². The number of nitrogen functional groups attached to an aromatic ring is 1. The molecule has 7 heteroatoms. The number of carbonyl (C=O) groups is 1. The van der Waals surface area contributed by atoms with Crippen LogP contribution in [0.25, 0.3) is 0 Å². The number of aromatic nitrogens is 2. The zero-order chi connectivity index (χ0) is 14.7. The third-order valence-electron chi connectivity index (χ3n) is 2.85. The number of hydrogen-bond acceptors (Lipinski definition) is 4. The van der Waals surface area contributed by atoms with Crippen LogP contribution in [0, 0.1) is 0 Å². The maximum Gasteiger partial charge on any atom is 0.325 e. The Hall–Kier alpha value is -2.83. The highest BCUT2D eigenvalue weighted by atomic mass is 16.2. The van der Waals surface area contributed by atoms with E-state index in [1.54, 1.807) is 31.2 Å². The fourth-order valence-corrected chi connectivity index (χ4v) is 1.72. The lowest BCUT2D eigenvalue weighted by atomic mass is 10.1. The molecule has 0 spiro atoms. The summed E-state index contributed by atoms with van der Waals surface area (Å²) in [5.41, 5.74) is 5.54. The summed E-state index contributed by atoms with van der Waals surface area (Å²) < 4.78 is 0. The van der Waals surface area contributed by atoms with Crippen molar-refractivity contribution in [1.29, 1.82) is 0 Å². The third kappa shape index (κ3) is 2.94. The van der Waals surface area contributed by atoms with E-state index >= 15 is 0 Å². The first-order chi connectivity index (χ1) is 9.47. The second-order valence-electron chi connectivity index (χ2n) is 4.35. The smallest absolute Gasteiger partial charge is 0.325 e. The maximum absolute atomic E-state index is 11.9. The summed E-state index contributed by atoms with van der Waals surface area (Å²) in [6.07, 6.45) is 1.09. The molecule has 0 radical (unpaired) electrons. The molecule has 1 atom stereocenters. The Morgan fingerprint density at radius 2 is 1.90 bits per heavy atom. The quantitative estimate of drug-likeness (QED) is 0.595. The van der Waals surface area contributed by atoms with E-state index in [0.29, 0.717) is 5.69 Å². The van der Waals surface area contributed by atoms with Gasteiger partial charge in [-0.3, -0.25) is 14.6 Å². The highest BCUT2D eigenvalue weighted by molar-refractivity contribution is 5.93. The predicted molar refractivity (Wildman–Crippen MR) is 74.4 cm³/mol. The number of aromatic amines is 2. The van der Waals surface area contributed by atoms with E-state index in [4.69, 9.17) is 5.73 Å². The fraction of sp³-hybridized carbons (Fsp3) is 0.154. The lowest BCUT2D eigenvalue weighted by molar-refractivity contribution is 0.0938. The molecular formula is C13H14N4O3. The summed E-state index contributed by atoms with van der Waals surface area (Å²) in [4.78, 5) is 38.6. The van der Waals surface area contributed by atoms with Crippen LogP contribution in [-0.2, 0) is 0 Å². The van der Waals surface area contributed by atoms with E-state index in [-0.39, 0.29) is 11.6 Å². The van der Waals surface area contributed by atoms with Gasteiger partial charge in [0.2, 0.25) is 0 Å². The minimum atomic E-state index is -0.726. The van der Waals surface area contributed by atoms with Gasteiger partial charge in [0, 0.05) is 11.9 Å². The number of benzene rings is 1. The molecule has 0 aliphatic heterocycles. The second-order valence-corrected chi connectivity index (χ2v) is 4.35. The summed E-state index contributed by atoms with van der Waals surface area (Å²) in [5, 5.41) is 2.67. The average molecular weight is 274 g/mol. The van der Waals surface area contributed by atoms with Gasteiger partial charge in [0.05, 0.1) is 6.04 Å². The van der Waals surface area contributed by atoms with Crippen LogP contribution in [0.1, 0.15) is 28.9 Å². The Morgan fingerprint density at radius 1 is 1.25 bits per heavy atom. The van der Waals surface area contributed by atoms with Crippen molar-refractivity contribution >= 4 is 11.6 Å². The Labute approximate surface area is 113 Å². The molecule has 1 heterocycles. The van der Waals surface area contributed by atoms with Gasteiger partial charge in [0.25, 0.3) is 11.5 Å². The Bertz CT molecular complexity index is 730. The van der Waals surface area contributed by atoms with Crippen molar-refractivity contribution in [2.75, 3.05) is 5.73 Å². The second kappa shape index (κ2) is 5.43. The van der Waals surface area contributed by atoms with Gasteiger partial charge in [-0.05, 0) is 24.6 Å². The first kappa shape index (κ1) is 13.6. The summed E-state index contributed by atoms with van der Waals surface area (Å²) in [6, 6.07) is 6.74. The molecule has 1 aromatic carbocycles. The van der Waals surface area contributed by atoms with Gasteiger partial charge in [0.15, 0.2) is 0 Å². The largest absolute Gasteiger partial charge is 0.399 e. The topological polar surface area (TPSA) is 121 Å². The predicted octanol–water partition coefficient (Wildman–Crippen LogP) is 0.136. The van der Waals surface area contributed by atoms with E-state index in [9.17, 15) is 14.4 Å². The molecule has 0 saturated heterocycles. The number of nitrogens with two attached hydrogens (primary N) is 1.